The van der Waals surface area contributed by atoms with Crippen LogP contribution in [-0.4, -0.2) is 97.4 Å². The molecule has 0 saturated carbocycles. The van der Waals surface area contributed by atoms with Crippen LogP contribution in [0.5, 0.6) is 0 Å². The van der Waals surface area contributed by atoms with E-state index in [0.29, 0.717) is 72.5 Å². The van der Waals surface area contributed by atoms with Gasteiger partial charge in [-0.2, -0.15) is 0 Å². The summed E-state index contributed by atoms with van der Waals surface area (Å²) >= 11 is 2.43. The van der Waals surface area contributed by atoms with Gasteiger partial charge in [-0.3, -0.25) is 0 Å². The summed E-state index contributed by atoms with van der Waals surface area (Å²) in [7, 11) is 0. The van der Waals surface area contributed by atoms with Crippen LogP contribution < -0.4 is 0 Å². The van der Waals surface area contributed by atoms with E-state index in [1.807, 2.05) is 49.6 Å². The molecule has 0 saturated heterocycles. The Labute approximate surface area is 435 Å². The zero-order valence-electron chi connectivity index (χ0n) is 39.1. The monoisotopic (exact) mass is 1230 g/mol. The van der Waals surface area contributed by atoms with E-state index in [1.165, 1.54) is 113 Å². The minimum atomic E-state index is 0.485. The van der Waals surface area contributed by atoms with Gasteiger partial charge >= 0.3 is 440 Å². The number of hydrogen-bond acceptors (Lipinski definition) is 5. The van der Waals surface area contributed by atoms with Gasteiger partial charge < -0.3 is 0 Å². The number of aromatic nitrogens is 5. The van der Waals surface area contributed by atoms with Crippen LogP contribution in [-0.2, 0) is 0 Å². The summed E-state index contributed by atoms with van der Waals surface area (Å²) in [5.74, 6) is 0. The number of aryl methyl sites for hydroxylation is 5. The zero-order valence-corrected chi connectivity index (χ0v) is 47.7. The Hall–Kier alpha value is -5.55. The minimum absolute atomic E-state index is 0.485. The van der Waals surface area contributed by atoms with Crippen LogP contribution in [0.4, 0.5) is 0 Å². The third-order valence-electron chi connectivity index (χ3n) is 12.3. The van der Waals surface area contributed by atoms with E-state index in [4.69, 9.17) is 0 Å². The maximum absolute atomic E-state index is 4.36. The van der Waals surface area contributed by atoms with Gasteiger partial charge in [-0.1, -0.05) is 0 Å². The van der Waals surface area contributed by atoms with Crippen molar-refractivity contribution in [3.63, 3.8) is 0 Å². The Morgan fingerprint density at radius 3 is 1.63 bits per heavy atom. The summed E-state index contributed by atoms with van der Waals surface area (Å²) < 4.78 is 14.9. The molecule has 10 heteroatoms. The molecule has 0 spiro atoms. The van der Waals surface area contributed by atoms with Crippen LogP contribution in [0.3, 0.4) is 0 Å². The molecule has 0 aliphatic carbocycles. The molecular weight excluding hydrogens is 1190 g/mol. The summed E-state index contributed by atoms with van der Waals surface area (Å²) in [6.07, 6.45) is 15.7. The molecule has 340 valence electrons. The van der Waals surface area contributed by atoms with Crippen LogP contribution in [0.25, 0.3) is 96.5 Å². The van der Waals surface area contributed by atoms with Crippen molar-refractivity contribution in [2.45, 2.75) is 34.6 Å². The molecule has 15 rings (SSSR count). The van der Waals surface area contributed by atoms with E-state index in [2.05, 4.69) is 193 Å². The van der Waals surface area contributed by atoms with Gasteiger partial charge in [-0.15, -0.1) is 0 Å². The van der Waals surface area contributed by atoms with E-state index in [0.717, 1.165) is 11.4 Å². The van der Waals surface area contributed by atoms with Crippen LogP contribution >= 0.6 is 0 Å². The van der Waals surface area contributed by atoms with Crippen molar-refractivity contribution < 1.29 is 0 Å². The molecule has 70 heavy (non-hydrogen) atoms. The second kappa shape index (κ2) is 20.7. The van der Waals surface area contributed by atoms with Crippen molar-refractivity contribution in [1.82, 2.24) is 24.9 Å². The molecule has 0 N–H and O–H groups in total. The van der Waals surface area contributed by atoms with Crippen molar-refractivity contribution in [1.29, 1.82) is 0 Å². The summed E-state index contributed by atoms with van der Waals surface area (Å²) in [5, 5.41) is 13.7. The SMILES string of the molecule is Cc1cc2[se]c3ccccc3c2cn1.Cc1ccc2[se]c3ccncc3c2c1.Cc1cccc2[se]c3ccncc3c12.Cc1cncc2c1[se]c1ccccc12.Cc1nccc2[se]c3ccccc3c12. The fraction of sp³-hybridized carbons (Fsp3) is 0.0833. The number of rotatable bonds is 0. The van der Waals surface area contributed by atoms with Gasteiger partial charge in [0.2, 0.25) is 0 Å². The van der Waals surface area contributed by atoms with E-state index in [1.54, 1.807) is 0 Å². The first kappa shape index (κ1) is 46.8. The summed E-state index contributed by atoms with van der Waals surface area (Å²) in [5.41, 5.74) is 6.32. The van der Waals surface area contributed by atoms with Crippen molar-refractivity contribution in [3.05, 3.63) is 211 Å². The van der Waals surface area contributed by atoms with Gasteiger partial charge in [0, 0.05) is 0 Å². The van der Waals surface area contributed by atoms with Gasteiger partial charge in [0.05, 0.1) is 0 Å². The molecule has 10 heterocycles. The first-order valence-corrected chi connectivity index (χ1v) is 31.5. The molecule has 0 aliphatic rings. The Kier molecular flexibility index (Phi) is 13.8. The van der Waals surface area contributed by atoms with Crippen LogP contribution in [0.2, 0.25) is 0 Å². The van der Waals surface area contributed by atoms with E-state index < -0.39 is 0 Å². The van der Waals surface area contributed by atoms with Gasteiger partial charge in [0.25, 0.3) is 0 Å². The Morgan fingerprint density at radius 1 is 0.314 bits per heavy atom. The molecule has 0 atom stereocenters. The molecule has 5 aromatic carbocycles. The Bertz CT molecular complexity index is 4210. The normalized spacial score (nSPS) is 11.2. The third-order valence-corrected chi connectivity index (χ3v) is 24.6. The van der Waals surface area contributed by atoms with E-state index >= 15 is 0 Å². The first-order valence-electron chi connectivity index (χ1n) is 22.9. The molecule has 0 fully saturated rings. The Morgan fingerprint density at radius 2 is 0.857 bits per heavy atom. The predicted molar refractivity (Wildman–Crippen MR) is 305 cm³/mol. The number of hydrogen-bond donors (Lipinski definition) is 0. The second-order valence-electron chi connectivity index (χ2n) is 17.1. The van der Waals surface area contributed by atoms with Gasteiger partial charge in [0.1, 0.15) is 0 Å². The number of benzene rings is 5. The topological polar surface area (TPSA) is 64.5 Å². The van der Waals surface area contributed by atoms with Crippen molar-refractivity contribution in [2.24, 2.45) is 0 Å². The van der Waals surface area contributed by atoms with Crippen molar-refractivity contribution >= 4 is 169 Å². The number of fused-ring (bicyclic) bond motifs is 15. The predicted octanol–water partition coefficient (Wildman–Crippen LogP) is 13.8. The molecule has 0 radical (unpaired) electrons. The maximum atomic E-state index is 4.36. The first-order chi connectivity index (χ1) is 34.3. The van der Waals surface area contributed by atoms with Crippen LogP contribution in [0.15, 0.2) is 183 Å². The molecule has 0 bridgehead atoms. The molecule has 0 amide bonds. The van der Waals surface area contributed by atoms with Gasteiger partial charge in [-0.05, 0) is 0 Å². The second-order valence-corrected chi connectivity index (χ2v) is 28.4. The average molecular weight is 1230 g/mol. The van der Waals surface area contributed by atoms with E-state index in [-0.39, 0.29) is 0 Å². The summed E-state index contributed by atoms with van der Waals surface area (Å²) in [4.78, 5) is 21.4. The average Bonchev–Trinajstić information content (AvgIpc) is 4.21. The van der Waals surface area contributed by atoms with Crippen molar-refractivity contribution in [3.8, 4) is 0 Å². The molecular formula is C60H45N5Se5. The fourth-order valence-corrected chi connectivity index (χ4v) is 20.8. The quantitative estimate of drug-likeness (QED) is 0.142. The zero-order chi connectivity index (χ0) is 47.7. The van der Waals surface area contributed by atoms with Gasteiger partial charge in [-0.25, -0.2) is 0 Å². The molecule has 0 aliphatic heterocycles. The molecule has 10 aromatic heterocycles. The molecule has 15 aromatic rings. The van der Waals surface area contributed by atoms with Crippen LogP contribution in [0, 0.1) is 34.6 Å². The Balaban J connectivity index is 0.0000000952. The van der Waals surface area contributed by atoms with Crippen molar-refractivity contribution in [2.75, 3.05) is 0 Å². The van der Waals surface area contributed by atoms with Crippen LogP contribution in [0.1, 0.15) is 28.1 Å². The number of nitrogens with zero attached hydrogens (tertiary/aromatic N) is 5. The molecule has 0 unspecified atom stereocenters. The standard InChI is InChI=1S/5C12H9NSe/c1-8-2-3-11-9(6-8)10-7-13-5-4-12(10)14-11;1-8-3-2-4-11-12(8)9-7-13-6-5-10(9)14-11;1-8-6-13-7-10-9-4-2-3-5-11(9)14-12(8)10;1-8-6-12-10(7-13-8)9-4-2-3-5-11(9)14-12;1-8-12-9-4-2-3-5-10(9)14-11(12)6-7-13-8/h5*2-7H,1H3. The number of pyridine rings is 5. The molecule has 5 nitrogen and oxygen atoms in total. The summed E-state index contributed by atoms with van der Waals surface area (Å²) in [6.45, 7) is 10.6. The fourth-order valence-electron chi connectivity index (χ4n) is 8.91. The van der Waals surface area contributed by atoms with Gasteiger partial charge in [0.15, 0.2) is 0 Å². The van der Waals surface area contributed by atoms with E-state index in [9.17, 15) is 0 Å². The summed E-state index contributed by atoms with van der Waals surface area (Å²) in [6, 6.07) is 47.9. The third kappa shape index (κ3) is 9.51.